The number of hydrogen-bond donors (Lipinski definition) is 1. The average Bonchev–Trinajstić information content (AvgIpc) is 2.75. The molecule has 1 N–H and O–H groups in total. The number of carboxylic acid groups (broad SMARTS) is 1. The van der Waals surface area contributed by atoms with Crippen LogP contribution in [0.25, 0.3) is 0 Å². The van der Waals surface area contributed by atoms with Gasteiger partial charge in [-0.2, -0.15) is 11.3 Å². The molecule has 1 aliphatic heterocycles. The van der Waals surface area contributed by atoms with E-state index in [2.05, 4.69) is 0 Å². The monoisotopic (exact) mass is 268 g/mol. The van der Waals surface area contributed by atoms with Gasteiger partial charge in [-0.15, -0.1) is 0 Å². The van der Waals surface area contributed by atoms with E-state index >= 15 is 0 Å². The van der Waals surface area contributed by atoms with E-state index in [0.29, 0.717) is 26.2 Å². The number of hydrogen-bond acceptors (Lipinski definition) is 4. The van der Waals surface area contributed by atoms with Crippen molar-refractivity contribution in [2.45, 2.75) is 6.92 Å². The number of aliphatic carboxylic acids is 1. The molecule has 5 nitrogen and oxygen atoms in total. The number of piperazine rings is 1. The van der Waals surface area contributed by atoms with Gasteiger partial charge in [0.15, 0.2) is 0 Å². The Hall–Kier alpha value is -1.40. The van der Waals surface area contributed by atoms with Gasteiger partial charge in [-0.05, 0) is 17.9 Å². The van der Waals surface area contributed by atoms with E-state index in [1.165, 1.54) is 11.3 Å². The second-order valence-corrected chi connectivity index (χ2v) is 5.17. The van der Waals surface area contributed by atoms with Crippen LogP contribution >= 0.6 is 11.3 Å². The average molecular weight is 268 g/mol. The Morgan fingerprint density at radius 2 is 1.94 bits per heavy atom. The minimum Gasteiger partial charge on any atom is -0.480 e. The first-order valence-corrected chi connectivity index (χ1v) is 6.78. The zero-order valence-electron chi connectivity index (χ0n) is 10.3. The zero-order chi connectivity index (χ0) is 13.1. The predicted molar refractivity (Wildman–Crippen MR) is 69.0 cm³/mol. The molecule has 1 aromatic heterocycles. The first kappa shape index (κ1) is 13.0. The molecule has 2 heterocycles. The van der Waals surface area contributed by atoms with Crippen LogP contribution in [0.5, 0.6) is 0 Å². The van der Waals surface area contributed by atoms with Crippen molar-refractivity contribution in [3.8, 4) is 0 Å². The first-order chi connectivity index (χ1) is 8.58. The standard InChI is InChI=1S/C12H16N2O3S/c1-9-7-18-8-10(9)12(17)14-4-2-13(3-5-14)6-11(15)16/h7-8H,2-6H2,1H3,(H,15,16). The highest BCUT2D eigenvalue weighted by molar-refractivity contribution is 7.08. The fourth-order valence-corrected chi connectivity index (χ4v) is 2.87. The number of rotatable bonds is 3. The molecule has 1 fully saturated rings. The van der Waals surface area contributed by atoms with Gasteiger partial charge < -0.3 is 10.0 Å². The van der Waals surface area contributed by atoms with Crippen LogP contribution in [-0.4, -0.2) is 59.5 Å². The SMILES string of the molecule is Cc1cscc1C(=O)N1CCN(CC(=O)O)CC1. The van der Waals surface area contributed by atoms with E-state index in [9.17, 15) is 9.59 Å². The third-order valence-electron chi connectivity index (χ3n) is 3.10. The van der Waals surface area contributed by atoms with Crippen LogP contribution in [0.1, 0.15) is 15.9 Å². The largest absolute Gasteiger partial charge is 0.480 e. The van der Waals surface area contributed by atoms with E-state index in [4.69, 9.17) is 5.11 Å². The Kier molecular flexibility index (Phi) is 3.98. The zero-order valence-corrected chi connectivity index (χ0v) is 11.1. The molecule has 18 heavy (non-hydrogen) atoms. The number of thiophene rings is 1. The smallest absolute Gasteiger partial charge is 0.317 e. The molecule has 1 aromatic rings. The Morgan fingerprint density at radius 1 is 1.28 bits per heavy atom. The quantitative estimate of drug-likeness (QED) is 0.884. The molecule has 6 heteroatoms. The van der Waals surface area contributed by atoms with Gasteiger partial charge in [0.05, 0.1) is 12.1 Å². The molecule has 0 bridgehead atoms. The van der Waals surface area contributed by atoms with Crippen LogP contribution in [0, 0.1) is 6.92 Å². The second kappa shape index (κ2) is 5.49. The van der Waals surface area contributed by atoms with E-state index < -0.39 is 5.97 Å². The summed E-state index contributed by atoms with van der Waals surface area (Å²) in [6, 6.07) is 0. The molecule has 0 atom stereocenters. The first-order valence-electron chi connectivity index (χ1n) is 5.84. The van der Waals surface area contributed by atoms with Crippen LogP contribution in [0.3, 0.4) is 0 Å². The van der Waals surface area contributed by atoms with Gasteiger partial charge in [-0.1, -0.05) is 0 Å². The van der Waals surface area contributed by atoms with Crippen molar-refractivity contribution < 1.29 is 14.7 Å². The molecule has 1 saturated heterocycles. The van der Waals surface area contributed by atoms with E-state index in [1.54, 1.807) is 4.90 Å². The maximum absolute atomic E-state index is 12.2. The summed E-state index contributed by atoms with van der Waals surface area (Å²) in [7, 11) is 0. The predicted octanol–water partition coefficient (Wildman–Crippen LogP) is 0.899. The van der Waals surface area contributed by atoms with Crippen molar-refractivity contribution in [2.24, 2.45) is 0 Å². The number of carbonyl (C=O) groups is 2. The summed E-state index contributed by atoms with van der Waals surface area (Å²) in [6.45, 7) is 4.44. The molecule has 0 unspecified atom stereocenters. The van der Waals surface area contributed by atoms with Crippen molar-refractivity contribution in [3.05, 3.63) is 21.9 Å². The summed E-state index contributed by atoms with van der Waals surface area (Å²) < 4.78 is 0. The molecule has 0 saturated carbocycles. The van der Waals surface area contributed by atoms with Crippen molar-refractivity contribution in [3.63, 3.8) is 0 Å². The summed E-state index contributed by atoms with van der Waals surface area (Å²) >= 11 is 1.53. The van der Waals surface area contributed by atoms with Crippen molar-refractivity contribution in [2.75, 3.05) is 32.7 Å². The molecule has 2 rings (SSSR count). The Morgan fingerprint density at radius 3 is 2.44 bits per heavy atom. The summed E-state index contributed by atoms with van der Waals surface area (Å²) in [4.78, 5) is 26.5. The van der Waals surface area contributed by atoms with Gasteiger partial charge >= 0.3 is 5.97 Å². The third-order valence-corrected chi connectivity index (χ3v) is 3.97. The molecule has 1 aliphatic rings. The molecule has 0 spiro atoms. The lowest BCUT2D eigenvalue weighted by atomic mass is 10.2. The molecular formula is C12H16N2O3S. The summed E-state index contributed by atoms with van der Waals surface area (Å²) in [5, 5.41) is 12.5. The van der Waals surface area contributed by atoms with Crippen molar-refractivity contribution in [1.29, 1.82) is 0 Å². The van der Waals surface area contributed by atoms with E-state index in [1.807, 2.05) is 22.6 Å². The highest BCUT2D eigenvalue weighted by Crippen LogP contribution is 2.17. The van der Waals surface area contributed by atoms with Crippen LogP contribution in [0.4, 0.5) is 0 Å². The molecule has 1 amide bonds. The van der Waals surface area contributed by atoms with Crippen LogP contribution < -0.4 is 0 Å². The lowest BCUT2D eigenvalue weighted by Gasteiger charge is -2.33. The highest BCUT2D eigenvalue weighted by atomic mass is 32.1. The Balaban J connectivity index is 1.92. The van der Waals surface area contributed by atoms with Crippen molar-refractivity contribution >= 4 is 23.2 Å². The lowest BCUT2D eigenvalue weighted by Crippen LogP contribution is -2.49. The summed E-state index contributed by atoms with van der Waals surface area (Å²) in [6.07, 6.45) is 0. The van der Waals surface area contributed by atoms with Gasteiger partial charge in [-0.3, -0.25) is 14.5 Å². The van der Waals surface area contributed by atoms with Gasteiger partial charge in [0.2, 0.25) is 0 Å². The highest BCUT2D eigenvalue weighted by Gasteiger charge is 2.24. The number of aryl methyl sites for hydroxylation is 1. The van der Waals surface area contributed by atoms with Gasteiger partial charge in [0, 0.05) is 31.6 Å². The number of amides is 1. The van der Waals surface area contributed by atoms with Crippen molar-refractivity contribution in [1.82, 2.24) is 9.80 Å². The number of nitrogens with zero attached hydrogens (tertiary/aromatic N) is 2. The van der Waals surface area contributed by atoms with Crippen LogP contribution in [0.15, 0.2) is 10.8 Å². The van der Waals surface area contributed by atoms with Gasteiger partial charge in [0.25, 0.3) is 5.91 Å². The van der Waals surface area contributed by atoms with Gasteiger partial charge in [-0.25, -0.2) is 0 Å². The van der Waals surface area contributed by atoms with Crippen LogP contribution in [-0.2, 0) is 4.79 Å². The maximum Gasteiger partial charge on any atom is 0.317 e. The molecule has 98 valence electrons. The van der Waals surface area contributed by atoms with E-state index in [-0.39, 0.29) is 12.5 Å². The minimum absolute atomic E-state index is 0.0551. The molecule has 0 aromatic carbocycles. The Labute approximate surface area is 110 Å². The summed E-state index contributed by atoms with van der Waals surface area (Å²) in [5.74, 6) is -0.757. The normalized spacial score (nSPS) is 16.8. The summed E-state index contributed by atoms with van der Waals surface area (Å²) in [5.41, 5.74) is 1.78. The van der Waals surface area contributed by atoms with E-state index in [0.717, 1.165) is 11.1 Å². The molecule has 0 aliphatic carbocycles. The van der Waals surface area contributed by atoms with Crippen LogP contribution in [0.2, 0.25) is 0 Å². The number of carboxylic acids is 1. The number of carbonyl (C=O) groups excluding carboxylic acids is 1. The topological polar surface area (TPSA) is 60.9 Å². The lowest BCUT2D eigenvalue weighted by molar-refractivity contribution is -0.138. The minimum atomic E-state index is -0.816. The molecular weight excluding hydrogens is 252 g/mol. The Bertz CT molecular complexity index is 450. The second-order valence-electron chi connectivity index (χ2n) is 4.43. The van der Waals surface area contributed by atoms with Gasteiger partial charge in [0.1, 0.15) is 0 Å². The fourth-order valence-electron chi connectivity index (χ4n) is 2.05. The third kappa shape index (κ3) is 2.88. The molecule has 0 radical (unpaired) electrons. The fraction of sp³-hybridized carbons (Fsp3) is 0.500. The maximum atomic E-state index is 12.2.